The maximum absolute atomic E-state index is 13.0. The van der Waals surface area contributed by atoms with Gasteiger partial charge in [-0.3, -0.25) is 4.79 Å². The Hall–Kier alpha value is -0.400. The summed E-state index contributed by atoms with van der Waals surface area (Å²) in [6.07, 6.45) is 4.96. The van der Waals surface area contributed by atoms with E-state index in [1.165, 1.54) is 12.8 Å². The quantitative estimate of drug-likeness (QED) is 0.680. The van der Waals surface area contributed by atoms with Crippen LogP contribution in [0.1, 0.15) is 52.4 Å². The SMILES string of the molecule is CC1(CC(=O)C2(C)CC2F)CCCC1. The van der Waals surface area contributed by atoms with E-state index >= 15 is 0 Å². The second-order valence-corrected chi connectivity index (χ2v) is 5.71. The van der Waals surface area contributed by atoms with E-state index in [2.05, 4.69) is 6.92 Å². The average Bonchev–Trinajstić information content (AvgIpc) is 2.56. The summed E-state index contributed by atoms with van der Waals surface area (Å²) < 4.78 is 13.0. The fourth-order valence-electron chi connectivity index (χ4n) is 2.60. The normalized spacial score (nSPS) is 39.8. The van der Waals surface area contributed by atoms with Gasteiger partial charge in [0.25, 0.3) is 0 Å². The number of hydrogen-bond acceptors (Lipinski definition) is 1. The first-order chi connectivity index (χ1) is 6.46. The van der Waals surface area contributed by atoms with Gasteiger partial charge in [0.2, 0.25) is 0 Å². The highest BCUT2D eigenvalue weighted by atomic mass is 19.1. The number of alkyl halides is 1. The number of rotatable bonds is 3. The van der Waals surface area contributed by atoms with Crippen LogP contribution in [0.2, 0.25) is 0 Å². The number of hydrogen-bond donors (Lipinski definition) is 0. The molecule has 0 N–H and O–H groups in total. The molecule has 0 aromatic heterocycles. The first-order valence-corrected chi connectivity index (χ1v) is 5.64. The molecule has 2 saturated carbocycles. The zero-order valence-corrected chi connectivity index (χ0v) is 9.11. The van der Waals surface area contributed by atoms with Crippen LogP contribution in [0.5, 0.6) is 0 Å². The highest BCUT2D eigenvalue weighted by Gasteiger charge is 2.57. The highest BCUT2D eigenvalue weighted by molar-refractivity contribution is 5.88. The zero-order valence-electron chi connectivity index (χ0n) is 9.11. The van der Waals surface area contributed by atoms with Gasteiger partial charge in [-0.15, -0.1) is 0 Å². The molecule has 0 amide bonds. The summed E-state index contributed by atoms with van der Waals surface area (Å²) in [5.41, 5.74) is -0.423. The summed E-state index contributed by atoms with van der Waals surface area (Å²) in [7, 11) is 0. The fourth-order valence-corrected chi connectivity index (χ4v) is 2.60. The monoisotopic (exact) mass is 198 g/mol. The number of carbonyl (C=O) groups excluding carboxylic acids is 1. The Bertz CT molecular complexity index is 255. The minimum Gasteiger partial charge on any atom is -0.299 e. The summed E-state index contributed by atoms with van der Waals surface area (Å²) in [4.78, 5) is 11.9. The second-order valence-electron chi connectivity index (χ2n) is 5.71. The maximum atomic E-state index is 13.0. The molecule has 2 fully saturated rings. The molecule has 0 spiro atoms. The lowest BCUT2D eigenvalue weighted by molar-refractivity contribution is -0.126. The van der Waals surface area contributed by atoms with Crippen LogP contribution in [0.3, 0.4) is 0 Å². The van der Waals surface area contributed by atoms with E-state index in [0.717, 1.165) is 12.8 Å². The molecule has 0 aromatic rings. The van der Waals surface area contributed by atoms with Gasteiger partial charge in [0.05, 0.1) is 5.41 Å². The Morgan fingerprint density at radius 3 is 2.29 bits per heavy atom. The Kier molecular flexibility index (Phi) is 2.20. The van der Waals surface area contributed by atoms with Crippen molar-refractivity contribution in [1.29, 1.82) is 0 Å². The van der Waals surface area contributed by atoms with E-state index in [1.807, 2.05) is 0 Å². The number of ketones is 1. The molecule has 80 valence electrons. The standard InChI is InChI=1S/C12H19FO/c1-11(5-3-4-6-11)8-10(14)12(2)7-9(12)13/h9H,3-8H2,1-2H3. The van der Waals surface area contributed by atoms with E-state index in [4.69, 9.17) is 0 Å². The molecule has 0 bridgehead atoms. The van der Waals surface area contributed by atoms with Crippen LogP contribution in [0.25, 0.3) is 0 Å². The third-order valence-corrected chi connectivity index (χ3v) is 4.17. The van der Waals surface area contributed by atoms with Crippen molar-refractivity contribution in [2.24, 2.45) is 10.8 Å². The molecule has 0 aromatic carbocycles. The van der Waals surface area contributed by atoms with Crippen molar-refractivity contribution in [1.82, 2.24) is 0 Å². The van der Waals surface area contributed by atoms with Crippen LogP contribution >= 0.6 is 0 Å². The molecule has 0 radical (unpaired) electrons. The van der Waals surface area contributed by atoms with Gasteiger partial charge in [0.1, 0.15) is 12.0 Å². The van der Waals surface area contributed by atoms with Gasteiger partial charge < -0.3 is 0 Å². The number of Topliss-reactive ketones (excluding diaryl/α,β-unsaturated/α-hetero) is 1. The van der Waals surface area contributed by atoms with Gasteiger partial charge in [-0.2, -0.15) is 0 Å². The Balaban J connectivity index is 1.94. The van der Waals surface area contributed by atoms with Gasteiger partial charge in [0.15, 0.2) is 0 Å². The highest BCUT2D eigenvalue weighted by Crippen LogP contribution is 2.52. The van der Waals surface area contributed by atoms with Gasteiger partial charge in [0, 0.05) is 6.42 Å². The van der Waals surface area contributed by atoms with Crippen molar-refractivity contribution in [3.05, 3.63) is 0 Å². The fraction of sp³-hybridized carbons (Fsp3) is 0.917. The largest absolute Gasteiger partial charge is 0.299 e. The van der Waals surface area contributed by atoms with Crippen LogP contribution in [0.15, 0.2) is 0 Å². The zero-order chi connectivity index (χ0) is 10.4. The van der Waals surface area contributed by atoms with Crippen LogP contribution in [-0.4, -0.2) is 12.0 Å². The van der Waals surface area contributed by atoms with Gasteiger partial charge in [-0.1, -0.05) is 19.8 Å². The maximum Gasteiger partial charge on any atom is 0.142 e. The predicted octanol–water partition coefficient (Wildman–Crippen LogP) is 3.27. The lowest BCUT2D eigenvalue weighted by atomic mass is 9.80. The number of halogens is 1. The van der Waals surface area contributed by atoms with Crippen molar-refractivity contribution in [2.45, 2.75) is 58.5 Å². The van der Waals surface area contributed by atoms with Crippen molar-refractivity contribution in [3.63, 3.8) is 0 Å². The third-order valence-electron chi connectivity index (χ3n) is 4.17. The first kappa shape index (κ1) is 10.1. The van der Waals surface area contributed by atoms with E-state index in [0.29, 0.717) is 12.8 Å². The molecule has 2 atom stereocenters. The Morgan fingerprint density at radius 1 is 1.36 bits per heavy atom. The third kappa shape index (κ3) is 1.59. The topological polar surface area (TPSA) is 17.1 Å². The molecule has 1 nitrogen and oxygen atoms in total. The smallest absolute Gasteiger partial charge is 0.142 e. The summed E-state index contributed by atoms with van der Waals surface area (Å²) in [6.45, 7) is 3.95. The molecular weight excluding hydrogens is 179 g/mol. The van der Waals surface area contributed by atoms with Gasteiger partial charge >= 0.3 is 0 Å². The van der Waals surface area contributed by atoms with E-state index in [9.17, 15) is 9.18 Å². The molecule has 0 saturated heterocycles. The lowest BCUT2D eigenvalue weighted by Crippen LogP contribution is -2.23. The summed E-state index contributed by atoms with van der Waals surface area (Å²) in [6, 6.07) is 0. The second kappa shape index (κ2) is 3.04. The molecule has 2 rings (SSSR count). The van der Waals surface area contributed by atoms with Gasteiger partial charge in [-0.25, -0.2) is 4.39 Å². The van der Waals surface area contributed by atoms with Crippen molar-refractivity contribution < 1.29 is 9.18 Å². The first-order valence-electron chi connectivity index (χ1n) is 5.64. The predicted molar refractivity (Wildman–Crippen MR) is 53.8 cm³/mol. The van der Waals surface area contributed by atoms with E-state index in [-0.39, 0.29) is 11.2 Å². The molecule has 2 aliphatic rings. The van der Waals surface area contributed by atoms with Gasteiger partial charge in [-0.05, 0) is 31.6 Å². The number of carbonyl (C=O) groups is 1. The minimum atomic E-state index is -0.861. The van der Waals surface area contributed by atoms with Crippen molar-refractivity contribution in [3.8, 4) is 0 Å². The van der Waals surface area contributed by atoms with Crippen LogP contribution in [0, 0.1) is 10.8 Å². The molecule has 14 heavy (non-hydrogen) atoms. The summed E-state index contributed by atoms with van der Waals surface area (Å²) in [5, 5.41) is 0. The van der Waals surface area contributed by atoms with Crippen LogP contribution in [-0.2, 0) is 4.79 Å². The van der Waals surface area contributed by atoms with Crippen molar-refractivity contribution >= 4 is 5.78 Å². The molecule has 0 heterocycles. The van der Waals surface area contributed by atoms with E-state index < -0.39 is 11.6 Å². The molecule has 2 aliphatic carbocycles. The minimum absolute atomic E-state index is 0.161. The molecule has 2 heteroatoms. The molecule has 2 unspecified atom stereocenters. The Morgan fingerprint density at radius 2 is 1.86 bits per heavy atom. The summed E-state index contributed by atoms with van der Waals surface area (Å²) in [5.74, 6) is 0.161. The molecular formula is C12H19FO. The summed E-state index contributed by atoms with van der Waals surface area (Å²) >= 11 is 0. The van der Waals surface area contributed by atoms with E-state index in [1.54, 1.807) is 6.92 Å². The van der Waals surface area contributed by atoms with Crippen molar-refractivity contribution in [2.75, 3.05) is 0 Å². The average molecular weight is 198 g/mol. The lowest BCUT2D eigenvalue weighted by Gasteiger charge is -2.24. The Labute approximate surface area is 85.1 Å². The molecule has 0 aliphatic heterocycles. The van der Waals surface area contributed by atoms with Crippen LogP contribution in [0.4, 0.5) is 4.39 Å². The van der Waals surface area contributed by atoms with Crippen LogP contribution < -0.4 is 0 Å².